The Bertz CT molecular complexity index is 1620. The summed E-state index contributed by atoms with van der Waals surface area (Å²) in [6, 6.07) is 18.5. The Morgan fingerprint density at radius 2 is 1.56 bits per heavy atom. The zero-order chi connectivity index (χ0) is 31.1. The zero-order valence-corrected chi connectivity index (χ0v) is 26.4. The summed E-state index contributed by atoms with van der Waals surface area (Å²) in [5, 5.41) is 24.2. The van der Waals surface area contributed by atoms with Crippen LogP contribution in [0.25, 0.3) is 10.4 Å². The molecule has 0 radical (unpaired) electrons. The molecule has 0 aliphatic heterocycles. The molecule has 0 saturated heterocycles. The number of nitrogens with zero attached hydrogens (tertiary/aromatic N) is 1. The van der Waals surface area contributed by atoms with Gasteiger partial charge in [-0.05, 0) is 59.7 Å². The number of carbonyl (C=O) groups excluding carboxylic acids is 3. The molecule has 3 N–H and O–H groups in total. The number of nitrogens with one attached hydrogen (secondary N) is 1. The van der Waals surface area contributed by atoms with Crippen LogP contribution in [-0.2, 0) is 11.8 Å². The molecule has 2 heterocycles. The molecule has 4 rings (SSSR count). The summed E-state index contributed by atoms with van der Waals surface area (Å²) in [5.41, 5.74) is 4.78. The van der Waals surface area contributed by atoms with Crippen LogP contribution in [-0.4, -0.2) is 53.1 Å². The molecule has 0 atom stereocenters. The van der Waals surface area contributed by atoms with Crippen molar-refractivity contribution in [2.24, 2.45) is 4.99 Å². The standard InChI is InChI=1S/C34H36N2O5S2/c1-21(26-20-42-32(31(26)40)23-10-12-25(13-11-23)34(2,3)4)36-19-28(39)30-16-15-29(43-30)27(38)14-7-22-5-8-24(9-6-22)33(41)35-17-18-37/h5-6,8-13,15-16,20,37,40H,7,14,17-19H2,1-4H3,(H,35,41). The minimum Gasteiger partial charge on any atom is -0.506 e. The van der Waals surface area contributed by atoms with Crippen LogP contribution in [0, 0.1) is 0 Å². The van der Waals surface area contributed by atoms with Crippen LogP contribution in [0.3, 0.4) is 0 Å². The Kier molecular flexibility index (Phi) is 10.4. The maximum absolute atomic E-state index is 12.9. The van der Waals surface area contributed by atoms with Gasteiger partial charge in [0.2, 0.25) is 0 Å². The van der Waals surface area contributed by atoms with E-state index in [0.717, 1.165) is 27.3 Å². The highest BCUT2D eigenvalue weighted by molar-refractivity contribution is 7.16. The Balaban J connectivity index is 1.33. The topological polar surface area (TPSA) is 116 Å². The van der Waals surface area contributed by atoms with E-state index in [1.54, 1.807) is 31.2 Å². The molecule has 0 bridgehead atoms. The number of thiophene rings is 2. The Labute approximate surface area is 260 Å². The van der Waals surface area contributed by atoms with E-state index in [1.165, 1.54) is 16.9 Å². The number of aliphatic imine (C=N–C) groups is 1. The Hall–Kier alpha value is -3.92. The van der Waals surface area contributed by atoms with Gasteiger partial charge in [0, 0.05) is 35.2 Å². The quantitative estimate of drug-likeness (QED) is 0.121. The maximum atomic E-state index is 12.9. The minimum absolute atomic E-state index is 0.0457. The van der Waals surface area contributed by atoms with Gasteiger partial charge in [-0.3, -0.25) is 19.4 Å². The first-order chi connectivity index (χ1) is 20.5. The molecule has 1 amide bonds. The van der Waals surface area contributed by atoms with Crippen molar-refractivity contribution in [1.29, 1.82) is 0 Å². The second kappa shape index (κ2) is 14.0. The summed E-state index contributed by atoms with van der Waals surface area (Å²) in [6.45, 7) is 8.25. The molecular weight excluding hydrogens is 581 g/mol. The molecule has 9 heteroatoms. The zero-order valence-electron chi connectivity index (χ0n) is 24.8. The third-order valence-corrected chi connectivity index (χ3v) is 9.22. The molecule has 0 aliphatic rings. The summed E-state index contributed by atoms with van der Waals surface area (Å²) in [7, 11) is 0. The van der Waals surface area contributed by atoms with E-state index in [-0.39, 0.29) is 54.8 Å². The summed E-state index contributed by atoms with van der Waals surface area (Å²) in [6.07, 6.45) is 0.787. The molecule has 0 unspecified atom stereocenters. The molecular formula is C34H36N2O5S2. The molecule has 4 aromatic rings. The van der Waals surface area contributed by atoms with Crippen LogP contribution in [0.5, 0.6) is 5.75 Å². The van der Waals surface area contributed by atoms with E-state index in [4.69, 9.17) is 5.11 Å². The fourth-order valence-electron chi connectivity index (χ4n) is 4.40. The van der Waals surface area contributed by atoms with Crippen molar-refractivity contribution in [3.63, 3.8) is 0 Å². The number of hydrogen-bond donors (Lipinski definition) is 3. The Morgan fingerprint density at radius 1 is 0.907 bits per heavy atom. The number of Topliss-reactive ketones (excluding diaryl/α,β-unsaturated/α-hetero) is 2. The molecule has 224 valence electrons. The van der Waals surface area contributed by atoms with Gasteiger partial charge in [0.15, 0.2) is 11.6 Å². The van der Waals surface area contributed by atoms with Crippen molar-refractivity contribution in [2.75, 3.05) is 19.7 Å². The number of carbonyl (C=O) groups is 3. The lowest BCUT2D eigenvalue weighted by atomic mass is 9.86. The van der Waals surface area contributed by atoms with Gasteiger partial charge >= 0.3 is 0 Å². The number of aromatic hydroxyl groups is 1. The predicted octanol–water partition coefficient (Wildman–Crippen LogP) is 6.71. The van der Waals surface area contributed by atoms with Gasteiger partial charge in [-0.15, -0.1) is 22.7 Å². The number of amides is 1. The number of aliphatic hydroxyl groups excluding tert-OH is 1. The number of hydrogen-bond acceptors (Lipinski definition) is 8. The van der Waals surface area contributed by atoms with Crippen molar-refractivity contribution in [1.82, 2.24) is 5.32 Å². The number of benzene rings is 2. The monoisotopic (exact) mass is 616 g/mol. The van der Waals surface area contributed by atoms with Gasteiger partial charge in [0.1, 0.15) is 12.3 Å². The van der Waals surface area contributed by atoms with Gasteiger partial charge in [-0.2, -0.15) is 0 Å². The number of ketones is 2. The highest BCUT2D eigenvalue weighted by Crippen LogP contribution is 2.39. The highest BCUT2D eigenvalue weighted by atomic mass is 32.1. The number of rotatable bonds is 12. The summed E-state index contributed by atoms with van der Waals surface area (Å²) in [4.78, 5) is 43.8. The Morgan fingerprint density at radius 3 is 2.19 bits per heavy atom. The van der Waals surface area contributed by atoms with E-state index < -0.39 is 0 Å². The van der Waals surface area contributed by atoms with E-state index in [2.05, 4.69) is 43.2 Å². The van der Waals surface area contributed by atoms with E-state index in [1.807, 2.05) is 29.6 Å². The van der Waals surface area contributed by atoms with Crippen LogP contribution in [0.2, 0.25) is 0 Å². The van der Waals surface area contributed by atoms with Gasteiger partial charge in [0.25, 0.3) is 5.91 Å². The largest absolute Gasteiger partial charge is 0.506 e. The average Bonchev–Trinajstić information content (AvgIpc) is 3.65. The lowest BCUT2D eigenvalue weighted by Gasteiger charge is -2.19. The second-order valence-electron chi connectivity index (χ2n) is 11.2. The van der Waals surface area contributed by atoms with Gasteiger partial charge in [-0.25, -0.2) is 0 Å². The molecule has 7 nitrogen and oxygen atoms in total. The first-order valence-electron chi connectivity index (χ1n) is 14.0. The van der Waals surface area contributed by atoms with Crippen molar-refractivity contribution < 1.29 is 24.6 Å². The van der Waals surface area contributed by atoms with Crippen LogP contribution in [0.4, 0.5) is 0 Å². The first-order valence-corrected chi connectivity index (χ1v) is 15.7. The molecule has 2 aromatic heterocycles. The molecule has 0 aliphatic carbocycles. The van der Waals surface area contributed by atoms with E-state index >= 15 is 0 Å². The lowest BCUT2D eigenvalue weighted by molar-refractivity contribution is 0.0942. The summed E-state index contributed by atoms with van der Waals surface area (Å²) < 4.78 is 0. The van der Waals surface area contributed by atoms with Gasteiger partial charge < -0.3 is 15.5 Å². The summed E-state index contributed by atoms with van der Waals surface area (Å²) in [5.74, 6) is -0.345. The third kappa shape index (κ3) is 8.13. The SMILES string of the molecule is CC(=NCC(=O)c1ccc(C(=O)CCc2ccc(C(=O)NCCO)cc2)s1)c1csc(-c2ccc(C(C)(C)C)cc2)c1O. The second-order valence-corrected chi connectivity index (χ2v) is 13.2. The van der Waals surface area contributed by atoms with Crippen LogP contribution in [0.15, 0.2) is 71.0 Å². The maximum Gasteiger partial charge on any atom is 0.251 e. The van der Waals surface area contributed by atoms with Gasteiger partial charge in [0.05, 0.1) is 21.2 Å². The fraction of sp³-hybridized carbons (Fsp3) is 0.294. The molecule has 0 spiro atoms. The first kappa shape index (κ1) is 32.0. The van der Waals surface area contributed by atoms with Crippen LogP contribution in [0.1, 0.15) is 80.5 Å². The molecule has 43 heavy (non-hydrogen) atoms. The van der Waals surface area contributed by atoms with Crippen molar-refractivity contribution in [3.05, 3.63) is 98.1 Å². The number of aliphatic hydroxyl groups is 1. The molecule has 0 saturated carbocycles. The number of aryl methyl sites for hydroxylation is 1. The van der Waals surface area contributed by atoms with E-state index in [9.17, 15) is 19.5 Å². The third-order valence-electron chi connectivity index (χ3n) is 7.04. The normalized spacial score (nSPS) is 11.9. The van der Waals surface area contributed by atoms with E-state index in [0.29, 0.717) is 33.0 Å². The van der Waals surface area contributed by atoms with Crippen molar-refractivity contribution >= 4 is 45.9 Å². The van der Waals surface area contributed by atoms with Crippen molar-refractivity contribution in [3.8, 4) is 16.2 Å². The van der Waals surface area contributed by atoms with Crippen LogP contribution < -0.4 is 5.32 Å². The minimum atomic E-state index is -0.259. The van der Waals surface area contributed by atoms with Gasteiger partial charge in [-0.1, -0.05) is 57.2 Å². The molecule has 2 aromatic carbocycles. The smallest absolute Gasteiger partial charge is 0.251 e. The highest BCUT2D eigenvalue weighted by Gasteiger charge is 2.18. The summed E-state index contributed by atoms with van der Waals surface area (Å²) >= 11 is 2.60. The molecule has 0 fully saturated rings. The average molecular weight is 617 g/mol. The predicted molar refractivity (Wildman–Crippen MR) is 174 cm³/mol. The lowest BCUT2D eigenvalue weighted by Crippen LogP contribution is -2.26. The fourth-order valence-corrected chi connectivity index (χ4v) is 6.32. The van der Waals surface area contributed by atoms with Crippen LogP contribution >= 0.6 is 22.7 Å². The van der Waals surface area contributed by atoms with Crippen molar-refractivity contribution in [2.45, 2.75) is 46.0 Å².